The van der Waals surface area contributed by atoms with Gasteiger partial charge in [-0.15, -0.1) is 0 Å². The van der Waals surface area contributed by atoms with E-state index in [0.29, 0.717) is 12.3 Å². The summed E-state index contributed by atoms with van der Waals surface area (Å²) in [5.74, 6) is 0.222. The number of hydrogen-bond donors (Lipinski definition) is 2. The maximum Gasteiger partial charge on any atom is 0.427 e. The number of anilines is 1. The molecule has 1 fully saturated rings. The Hall–Kier alpha value is -2.37. The Balaban J connectivity index is 2.00. The van der Waals surface area contributed by atoms with Gasteiger partial charge in [0.25, 0.3) is 0 Å². The van der Waals surface area contributed by atoms with Gasteiger partial charge in [-0.1, -0.05) is 12.1 Å². The lowest BCUT2D eigenvalue weighted by atomic mass is 10.1. The Morgan fingerprint density at radius 3 is 2.81 bits per heavy atom. The van der Waals surface area contributed by atoms with Crippen LogP contribution in [0.3, 0.4) is 0 Å². The normalized spacial score (nSPS) is 14.5. The number of carbonyl (C=O) groups excluding carboxylic acids is 2. The number of nitrogens with zero attached hydrogens (tertiary/aromatic N) is 1. The fourth-order valence-electron chi connectivity index (χ4n) is 1.77. The van der Waals surface area contributed by atoms with Crippen molar-refractivity contribution in [2.24, 2.45) is 11.0 Å². The van der Waals surface area contributed by atoms with Crippen LogP contribution in [0.15, 0.2) is 29.4 Å². The molecule has 1 aromatic carbocycles. The summed E-state index contributed by atoms with van der Waals surface area (Å²) in [7, 11) is 0. The number of ether oxygens (including phenoxy) is 1. The second-order valence-electron chi connectivity index (χ2n) is 4.87. The van der Waals surface area contributed by atoms with Crippen molar-refractivity contribution in [3.05, 3.63) is 29.8 Å². The molecule has 0 atom stereocenters. The number of rotatable bonds is 5. The molecule has 1 aliphatic carbocycles. The minimum absolute atomic E-state index is 0.0615. The number of benzene rings is 1. The minimum atomic E-state index is -0.588. The van der Waals surface area contributed by atoms with Crippen LogP contribution in [0.2, 0.25) is 0 Å². The molecule has 1 saturated carbocycles. The predicted molar refractivity (Wildman–Crippen MR) is 80.2 cm³/mol. The maximum absolute atomic E-state index is 11.7. The zero-order valence-electron chi connectivity index (χ0n) is 12.2. The van der Waals surface area contributed by atoms with E-state index >= 15 is 0 Å². The molecule has 6 nitrogen and oxygen atoms in total. The molecule has 0 heterocycles. The lowest BCUT2D eigenvalue weighted by molar-refractivity contribution is -0.117. The fourth-order valence-corrected chi connectivity index (χ4v) is 1.77. The van der Waals surface area contributed by atoms with E-state index in [0.717, 1.165) is 24.1 Å². The van der Waals surface area contributed by atoms with Crippen LogP contribution in [0, 0.1) is 5.92 Å². The molecular weight excluding hydrogens is 270 g/mol. The van der Waals surface area contributed by atoms with Gasteiger partial charge in [0, 0.05) is 11.6 Å². The largest absolute Gasteiger partial charge is 0.449 e. The molecule has 1 aromatic rings. The quantitative estimate of drug-likeness (QED) is 0.645. The highest BCUT2D eigenvalue weighted by Gasteiger charge is 2.29. The van der Waals surface area contributed by atoms with Crippen LogP contribution < -0.4 is 10.7 Å². The van der Waals surface area contributed by atoms with Crippen molar-refractivity contribution < 1.29 is 14.3 Å². The summed E-state index contributed by atoms with van der Waals surface area (Å²) in [6.45, 7) is 3.79. The highest BCUT2D eigenvalue weighted by molar-refractivity contribution is 6.01. The number of nitrogens with one attached hydrogen (secondary N) is 2. The van der Waals surface area contributed by atoms with Crippen molar-refractivity contribution in [2.45, 2.75) is 26.7 Å². The van der Waals surface area contributed by atoms with Crippen molar-refractivity contribution in [3.8, 4) is 0 Å². The third kappa shape index (κ3) is 4.59. The van der Waals surface area contributed by atoms with Gasteiger partial charge in [0.1, 0.15) is 0 Å². The Labute approximate surface area is 123 Å². The Bertz CT molecular complexity index is 565. The van der Waals surface area contributed by atoms with Crippen molar-refractivity contribution in [2.75, 3.05) is 11.9 Å². The fraction of sp³-hybridized carbons (Fsp3) is 0.400. The molecule has 0 spiro atoms. The smallest absolute Gasteiger partial charge is 0.427 e. The molecule has 112 valence electrons. The van der Waals surface area contributed by atoms with E-state index in [1.54, 1.807) is 13.8 Å². The molecule has 0 aliphatic heterocycles. The molecule has 0 bridgehead atoms. The van der Waals surface area contributed by atoms with Gasteiger partial charge in [-0.2, -0.15) is 5.10 Å². The standard InChI is InChI=1S/C15H19N3O3/c1-3-21-15(20)18-17-10(2)12-5-4-6-13(9-12)16-14(19)11-7-8-11/h4-6,9,11H,3,7-8H2,1-2H3,(H,16,19)(H,18,20). The molecule has 0 radical (unpaired) electrons. The van der Waals surface area contributed by atoms with Crippen LogP contribution in [0.5, 0.6) is 0 Å². The third-order valence-corrected chi connectivity index (χ3v) is 3.09. The number of amides is 2. The molecule has 1 aliphatic rings. The summed E-state index contributed by atoms with van der Waals surface area (Å²) in [5, 5.41) is 6.84. The first kappa shape index (κ1) is 15.0. The van der Waals surface area contributed by atoms with Crippen LogP contribution in [0.25, 0.3) is 0 Å². The highest BCUT2D eigenvalue weighted by Crippen LogP contribution is 2.30. The molecular formula is C15H19N3O3. The van der Waals surface area contributed by atoms with Crippen molar-refractivity contribution in [1.29, 1.82) is 0 Å². The van der Waals surface area contributed by atoms with E-state index in [2.05, 4.69) is 15.8 Å². The lowest BCUT2D eigenvalue weighted by Gasteiger charge is -2.07. The Kier molecular flexibility index (Phi) is 4.92. The molecule has 6 heteroatoms. The first-order chi connectivity index (χ1) is 10.1. The Morgan fingerprint density at radius 2 is 2.14 bits per heavy atom. The van der Waals surface area contributed by atoms with Crippen LogP contribution in [0.1, 0.15) is 32.3 Å². The minimum Gasteiger partial charge on any atom is -0.449 e. The third-order valence-electron chi connectivity index (χ3n) is 3.09. The van der Waals surface area contributed by atoms with Crippen LogP contribution in [-0.2, 0) is 9.53 Å². The summed E-state index contributed by atoms with van der Waals surface area (Å²) in [5.41, 5.74) is 4.49. The van der Waals surface area contributed by atoms with Gasteiger partial charge in [-0.25, -0.2) is 10.2 Å². The Morgan fingerprint density at radius 1 is 1.38 bits per heavy atom. The topological polar surface area (TPSA) is 79.8 Å². The molecule has 2 N–H and O–H groups in total. The summed E-state index contributed by atoms with van der Waals surface area (Å²) in [6.07, 6.45) is 1.35. The number of hydrazone groups is 1. The van der Waals surface area contributed by atoms with Crippen molar-refractivity contribution >= 4 is 23.4 Å². The SMILES string of the molecule is CCOC(=O)NN=C(C)c1cccc(NC(=O)C2CC2)c1. The van der Waals surface area contributed by atoms with Crippen LogP contribution in [0.4, 0.5) is 10.5 Å². The predicted octanol–water partition coefficient (Wildman–Crippen LogP) is 2.51. The van der Waals surface area contributed by atoms with E-state index in [-0.39, 0.29) is 11.8 Å². The van der Waals surface area contributed by atoms with Gasteiger partial charge in [0.05, 0.1) is 12.3 Å². The van der Waals surface area contributed by atoms with E-state index in [4.69, 9.17) is 4.74 Å². The van der Waals surface area contributed by atoms with Gasteiger partial charge < -0.3 is 10.1 Å². The van der Waals surface area contributed by atoms with Gasteiger partial charge >= 0.3 is 6.09 Å². The monoisotopic (exact) mass is 289 g/mol. The zero-order valence-corrected chi connectivity index (χ0v) is 12.2. The summed E-state index contributed by atoms with van der Waals surface area (Å²) >= 11 is 0. The summed E-state index contributed by atoms with van der Waals surface area (Å²) in [6, 6.07) is 7.35. The first-order valence-electron chi connectivity index (χ1n) is 6.98. The molecule has 2 amide bonds. The number of carbonyl (C=O) groups is 2. The van der Waals surface area contributed by atoms with E-state index in [9.17, 15) is 9.59 Å². The van der Waals surface area contributed by atoms with E-state index < -0.39 is 6.09 Å². The second kappa shape index (κ2) is 6.88. The molecule has 0 saturated heterocycles. The van der Waals surface area contributed by atoms with Gasteiger partial charge in [0.15, 0.2) is 0 Å². The number of hydrogen-bond acceptors (Lipinski definition) is 4. The maximum atomic E-state index is 11.7. The second-order valence-corrected chi connectivity index (χ2v) is 4.87. The van der Waals surface area contributed by atoms with Gasteiger partial charge in [-0.3, -0.25) is 4.79 Å². The van der Waals surface area contributed by atoms with E-state index in [1.165, 1.54) is 0 Å². The molecule has 2 rings (SSSR count). The average molecular weight is 289 g/mol. The highest BCUT2D eigenvalue weighted by atomic mass is 16.5. The van der Waals surface area contributed by atoms with Crippen molar-refractivity contribution in [1.82, 2.24) is 5.43 Å². The van der Waals surface area contributed by atoms with Crippen molar-refractivity contribution in [3.63, 3.8) is 0 Å². The summed E-state index contributed by atoms with van der Waals surface area (Å²) in [4.78, 5) is 22.9. The molecule has 0 aromatic heterocycles. The zero-order chi connectivity index (χ0) is 15.2. The average Bonchev–Trinajstić information content (AvgIpc) is 3.30. The van der Waals surface area contributed by atoms with Crippen LogP contribution in [-0.4, -0.2) is 24.3 Å². The van der Waals surface area contributed by atoms with Gasteiger partial charge in [0.2, 0.25) is 5.91 Å². The van der Waals surface area contributed by atoms with Gasteiger partial charge in [-0.05, 0) is 44.4 Å². The van der Waals surface area contributed by atoms with E-state index in [1.807, 2.05) is 24.3 Å². The first-order valence-corrected chi connectivity index (χ1v) is 6.98. The molecule has 0 unspecified atom stereocenters. The van der Waals surface area contributed by atoms with Crippen LogP contribution >= 0.6 is 0 Å². The molecule has 21 heavy (non-hydrogen) atoms. The summed E-state index contributed by atoms with van der Waals surface area (Å²) < 4.78 is 4.72. The lowest BCUT2D eigenvalue weighted by Crippen LogP contribution is -2.20.